The summed E-state index contributed by atoms with van der Waals surface area (Å²) in [5.41, 5.74) is 2.09. The first kappa shape index (κ1) is 15.2. The molecule has 0 heterocycles. The molecule has 2 nitrogen and oxygen atoms in total. The fourth-order valence-corrected chi connectivity index (χ4v) is 2.23. The monoisotopic (exact) mass is 310 g/mol. The third-order valence-corrected chi connectivity index (χ3v) is 3.44. The summed E-state index contributed by atoms with van der Waals surface area (Å²) in [6.45, 7) is 0.716. The molecule has 2 aromatic rings. The molecule has 2 rings (SSSR count). The average molecular weight is 311 g/mol. The molecule has 0 saturated carbocycles. The Balaban J connectivity index is 2.10. The highest BCUT2D eigenvalue weighted by Gasteiger charge is 2.05. The van der Waals surface area contributed by atoms with Crippen LogP contribution in [-0.2, 0) is 17.0 Å². The van der Waals surface area contributed by atoms with E-state index in [1.807, 2.05) is 36.4 Å². The molecule has 0 aliphatic heterocycles. The second kappa shape index (κ2) is 7.53. The van der Waals surface area contributed by atoms with E-state index in [4.69, 9.17) is 32.7 Å². The number of hydrogen-bond donors (Lipinski definition) is 0. The molecule has 0 atom stereocenters. The predicted octanol–water partition coefficient (Wildman–Crippen LogP) is 5.06. The molecular formula is C16H16Cl2O2. The molecule has 0 aromatic heterocycles. The van der Waals surface area contributed by atoms with Gasteiger partial charge in [0.2, 0.25) is 0 Å². The summed E-state index contributed by atoms with van der Waals surface area (Å²) < 4.78 is 10.9. The fraction of sp³-hybridized carbons (Fsp3) is 0.250. The smallest absolute Gasteiger partial charge is 0.131 e. The Bertz CT molecular complexity index is 553. The van der Waals surface area contributed by atoms with E-state index in [2.05, 4.69) is 0 Å². The molecule has 0 aliphatic rings. The minimum Gasteiger partial charge on any atom is -0.457 e. The summed E-state index contributed by atoms with van der Waals surface area (Å²) in [5, 5.41) is 0.655. The van der Waals surface area contributed by atoms with Crippen LogP contribution < -0.4 is 4.74 Å². The second-order valence-electron chi connectivity index (χ2n) is 4.37. The molecule has 2 aromatic carbocycles. The molecule has 0 amide bonds. The summed E-state index contributed by atoms with van der Waals surface area (Å²) >= 11 is 11.8. The highest BCUT2D eigenvalue weighted by Crippen LogP contribution is 2.29. The van der Waals surface area contributed by atoms with Crippen LogP contribution in [0.5, 0.6) is 11.5 Å². The summed E-state index contributed by atoms with van der Waals surface area (Å²) in [7, 11) is 1.70. The SMILES string of the molecule is COCCc1ccc(Oc2ccc(Cl)cc2CCl)cc1. The van der Waals surface area contributed by atoms with Gasteiger partial charge in [0.1, 0.15) is 11.5 Å². The Morgan fingerprint density at radius 2 is 1.80 bits per heavy atom. The first-order chi connectivity index (χ1) is 9.72. The number of hydrogen-bond acceptors (Lipinski definition) is 2. The van der Waals surface area contributed by atoms with E-state index in [9.17, 15) is 0 Å². The van der Waals surface area contributed by atoms with Crippen molar-refractivity contribution in [1.82, 2.24) is 0 Å². The number of rotatable bonds is 6. The quantitative estimate of drug-likeness (QED) is 0.694. The molecule has 0 aliphatic carbocycles. The largest absolute Gasteiger partial charge is 0.457 e. The maximum Gasteiger partial charge on any atom is 0.131 e. The van der Waals surface area contributed by atoms with Crippen LogP contribution in [0.2, 0.25) is 5.02 Å². The molecule has 106 valence electrons. The van der Waals surface area contributed by atoms with E-state index in [1.165, 1.54) is 5.56 Å². The normalized spacial score (nSPS) is 10.6. The molecule has 0 radical (unpaired) electrons. The van der Waals surface area contributed by atoms with Crippen LogP contribution in [0.1, 0.15) is 11.1 Å². The van der Waals surface area contributed by atoms with Crippen molar-refractivity contribution in [3.63, 3.8) is 0 Å². The van der Waals surface area contributed by atoms with Gasteiger partial charge in [0.05, 0.1) is 12.5 Å². The Hall–Kier alpha value is -1.22. The molecule has 4 heteroatoms. The molecule has 0 fully saturated rings. The van der Waals surface area contributed by atoms with Gasteiger partial charge in [-0.05, 0) is 42.3 Å². The number of benzene rings is 2. The van der Waals surface area contributed by atoms with Gasteiger partial charge >= 0.3 is 0 Å². The van der Waals surface area contributed by atoms with E-state index in [0.717, 1.165) is 23.5 Å². The lowest BCUT2D eigenvalue weighted by Gasteiger charge is -2.10. The topological polar surface area (TPSA) is 18.5 Å². The fourth-order valence-electron chi connectivity index (χ4n) is 1.82. The minimum absolute atomic E-state index is 0.363. The molecular weight excluding hydrogens is 295 g/mol. The number of ether oxygens (including phenoxy) is 2. The van der Waals surface area contributed by atoms with E-state index < -0.39 is 0 Å². The summed E-state index contributed by atoms with van der Waals surface area (Å²) in [4.78, 5) is 0. The third-order valence-electron chi connectivity index (χ3n) is 2.91. The molecule has 0 bridgehead atoms. The van der Waals surface area contributed by atoms with Gasteiger partial charge < -0.3 is 9.47 Å². The highest BCUT2D eigenvalue weighted by atomic mass is 35.5. The van der Waals surface area contributed by atoms with Gasteiger partial charge in [0.15, 0.2) is 0 Å². The van der Waals surface area contributed by atoms with Gasteiger partial charge in [-0.1, -0.05) is 23.7 Å². The van der Waals surface area contributed by atoms with Crippen molar-refractivity contribution in [1.29, 1.82) is 0 Å². The van der Waals surface area contributed by atoms with Crippen molar-refractivity contribution in [2.24, 2.45) is 0 Å². The molecule has 0 saturated heterocycles. The van der Waals surface area contributed by atoms with Crippen molar-refractivity contribution >= 4 is 23.2 Å². The van der Waals surface area contributed by atoms with E-state index in [-0.39, 0.29) is 0 Å². The molecule has 0 N–H and O–H groups in total. The summed E-state index contributed by atoms with van der Waals surface area (Å²) in [5.74, 6) is 1.87. The van der Waals surface area contributed by atoms with Gasteiger partial charge in [0, 0.05) is 17.7 Å². The van der Waals surface area contributed by atoms with Crippen LogP contribution in [0.3, 0.4) is 0 Å². The standard InChI is InChI=1S/C16H16Cl2O2/c1-19-9-8-12-2-5-15(6-3-12)20-16-7-4-14(18)10-13(16)11-17/h2-7,10H,8-9,11H2,1H3. The lowest BCUT2D eigenvalue weighted by molar-refractivity contribution is 0.202. The van der Waals surface area contributed by atoms with Crippen LogP contribution in [0.15, 0.2) is 42.5 Å². The molecule has 20 heavy (non-hydrogen) atoms. The minimum atomic E-state index is 0.363. The first-order valence-electron chi connectivity index (χ1n) is 6.33. The zero-order chi connectivity index (χ0) is 14.4. The van der Waals surface area contributed by atoms with Crippen LogP contribution in [0, 0.1) is 0 Å². The predicted molar refractivity (Wildman–Crippen MR) is 83.1 cm³/mol. The van der Waals surface area contributed by atoms with Crippen molar-refractivity contribution in [2.75, 3.05) is 13.7 Å². The van der Waals surface area contributed by atoms with E-state index >= 15 is 0 Å². The van der Waals surface area contributed by atoms with Crippen molar-refractivity contribution in [3.05, 3.63) is 58.6 Å². The maximum atomic E-state index is 5.94. The van der Waals surface area contributed by atoms with E-state index in [0.29, 0.717) is 17.5 Å². The lowest BCUT2D eigenvalue weighted by atomic mass is 10.1. The van der Waals surface area contributed by atoms with Crippen molar-refractivity contribution in [3.8, 4) is 11.5 Å². The number of halogens is 2. The van der Waals surface area contributed by atoms with E-state index in [1.54, 1.807) is 13.2 Å². The third kappa shape index (κ3) is 4.14. The highest BCUT2D eigenvalue weighted by molar-refractivity contribution is 6.30. The van der Waals surface area contributed by atoms with Gasteiger partial charge in [-0.2, -0.15) is 0 Å². The van der Waals surface area contributed by atoms with Gasteiger partial charge in [-0.3, -0.25) is 0 Å². The average Bonchev–Trinajstić information content (AvgIpc) is 2.48. The Labute approximate surface area is 129 Å². The lowest BCUT2D eigenvalue weighted by Crippen LogP contribution is -1.94. The van der Waals surface area contributed by atoms with Crippen LogP contribution in [-0.4, -0.2) is 13.7 Å². The Morgan fingerprint density at radius 3 is 2.45 bits per heavy atom. The zero-order valence-corrected chi connectivity index (χ0v) is 12.7. The van der Waals surface area contributed by atoms with Gasteiger partial charge in [0.25, 0.3) is 0 Å². The molecule has 0 unspecified atom stereocenters. The second-order valence-corrected chi connectivity index (χ2v) is 5.08. The van der Waals surface area contributed by atoms with Crippen molar-refractivity contribution in [2.45, 2.75) is 12.3 Å². The van der Waals surface area contributed by atoms with Gasteiger partial charge in [-0.25, -0.2) is 0 Å². The molecule has 0 spiro atoms. The van der Waals surface area contributed by atoms with Crippen LogP contribution in [0.4, 0.5) is 0 Å². The van der Waals surface area contributed by atoms with Crippen molar-refractivity contribution < 1.29 is 9.47 Å². The number of methoxy groups -OCH3 is 1. The Kier molecular flexibility index (Phi) is 5.72. The zero-order valence-electron chi connectivity index (χ0n) is 11.2. The summed E-state index contributed by atoms with van der Waals surface area (Å²) in [6.07, 6.45) is 0.894. The maximum absolute atomic E-state index is 5.94. The van der Waals surface area contributed by atoms with Gasteiger partial charge in [-0.15, -0.1) is 11.6 Å². The summed E-state index contributed by atoms with van der Waals surface area (Å²) in [6, 6.07) is 13.4. The Morgan fingerprint density at radius 1 is 1.05 bits per heavy atom. The first-order valence-corrected chi connectivity index (χ1v) is 7.24. The van der Waals surface area contributed by atoms with Crippen LogP contribution >= 0.6 is 23.2 Å². The van der Waals surface area contributed by atoms with Crippen LogP contribution in [0.25, 0.3) is 0 Å². The number of alkyl halides is 1.